The summed E-state index contributed by atoms with van der Waals surface area (Å²) in [6.45, 7) is 4.37. The lowest BCUT2D eigenvalue weighted by atomic mass is 9.88. The van der Waals surface area contributed by atoms with E-state index in [9.17, 15) is 4.79 Å². The molecule has 0 bridgehead atoms. The number of hydrogen-bond acceptors (Lipinski definition) is 4. The summed E-state index contributed by atoms with van der Waals surface area (Å²) in [4.78, 5) is 23.8. The number of oxazole rings is 1. The Balaban J connectivity index is 0.00000306. The predicted octanol–water partition coefficient (Wildman–Crippen LogP) is 4.16. The topological polar surface area (TPSA) is 82.8 Å². The first-order chi connectivity index (χ1) is 15.6. The zero-order valence-electron chi connectivity index (χ0n) is 19.7. The highest BCUT2D eigenvalue weighted by molar-refractivity contribution is 14.0. The molecule has 1 aromatic carbocycles. The monoisotopic (exact) mass is 565 g/mol. The number of benzene rings is 1. The third-order valence-corrected chi connectivity index (χ3v) is 6.54. The van der Waals surface area contributed by atoms with Gasteiger partial charge in [0, 0.05) is 50.6 Å². The van der Waals surface area contributed by atoms with Crippen molar-refractivity contribution in [2.75, 3.05) is 26.7 Å². The first-order valence-electron chi connectivity index (χ1n) is 11.9. The van der Waals surface area contributed by atoms with Gasteiger partial charge in [0.25, 0.3) is 0 Å². The average Bonchev–Trinajstić information content (AvgIpc) is 3.49. The van der Waals surface area contributed by atoms with Gasteiger partial charge in [0.1, 0.15) is 6.26 Å². The van der Waals surface area contributed by atoms with Crippen LogP contribution in [0.1, 0.15) is 49.8 Å². The molecule has 1 aliphatic carbocycles. The minimum Gasteiger partial charge on any atom is -0.444 e. The van der Waals surface area contributed by atoms with Crippen molar-refractivity contribution in [3.63, 3.8) is 0 Å². The number of rotatable bonds is 6. The summed E-state index contributed by atoms with van der Waals surface area (Å²) < 4.78 is 5.64. The number of carbonyl (C=O) groups excluding carboxylic acids is 1. The molecule has 1 amide bonds. The zero-order chi connectivity index (χ0) is 22.3. The van der Waals surface area contributed by atoms with Crippen molar-refractivity contribution < 1.29 is 9.21 Å². The van der Waals surface area contributed by atoms with E-state index in [-0.39, 0.29) is 35.9 Å². The highest BCUT2D eigenvalue weighted by Crippen LogP contribution is 2.26. The van der Waals surface area contributed by atoms with E-state index in [4.69, 9.17) is 4.42 Å². The number of guanidine groups is 1. The van der Waals surface area contributed by atoms with E-state index in [1.807, 2.05) is 17.0 Å². The van der Waals surface area contributed by atoms with Crippen molar-refractivity contribution in [1.29, 1.82) is 0 Å². The smallest absolute Gasteiger partial charge is 0.226 e. The molecule has 1 aromatic heterocycles. The number of nitrogens with one attached hydrogen (secondary N) is 2. The van der Waals surface area contributed by atoms with Crippen molar-refractivity contribution in [3.8, 4) is 11.5 Å². The molecule has 1 unspecified atom stereocenters. The average molecular weight is 566 g/mol. The van der Waals surface area contributed by atoms with Gasteiger partial charge in [-0.1, -0.05) is 37.0 Å². The second-order valence-electron chi connectivity index (χ2n) is 9.01. The van der Waals surface area contributed by atoms with Crippen LogP contribution >= 0.6 is 24.0 Å². The van der Waals surface area contributed by atoms with E-state index in [0.29, 0.717) is 18.3 Å². The Bertz CT molecular complexity index is 921. The number of likely N-dealkylation sites (tertiary alicyclic amines) is 1. The Hall–Kier alpha value is -2.10. The van der Waals surface area contributed by atoms with Crippen molar-refractivity contribution in [2.24, 2.45) is 10.9 Å². The van der Waals surface area contributed by atoms with Crippen LogP contribution in [0.4, 0.5) is 0 Å². The van der Waals surface area contributed by atoms with Gasteiger partial charge in [-0.3, -0.25) is 9.79 Å². The molecule has 7 nitrogen and oxygen atoms in total. The second kappa shape index (κ2) is 12.4. The van der Waals surface area contributed by atoms with Gasteiger partial charge >= 0.3 is 0 Å². The number of hydrogen-bond donors (Lipinski definition) is 2. The van der Waals surface area contributed by atoms with E-state index in [0.717, 1.165) is 56.0 Å². The molecular formula is C25H36IN5O2. The fraction of sp³-hybridized carbons (Fsp3) is 0.560. The lowest BCUT2D eigenvalue weighted by Crippen LogP contribution is -2.46. The van der Waals surface area contributed by atoms with E-state index in [1.54, 1.807) is 13.3 Å². The summed E-state index contributed by atoms with van der Waals surface area (Å²) in [5.74, 6) is 2.01. The van der Waals surface area contributed by atoms with E-state index >= 15 is 0 Å². The largest absolute Gasteiger partial charge is 0.444 e. The minimum atomic E-state index is 0. The molecule has 2 aliphatic rings. The molecule has 0 radical (unpaired) electrons. The Morgan fingerprint density at radius 2 is 1.94 bits per heavy atom. The Morgan fingerprint density at radius 3 is 2.67 bits per heavy atom. The van der Waals surface area contributed by atoms with Crippen LogP contribution < -0.4 is 10.6 Å². The normalized spacial score (nSPS) is 19.3. The molecule has 1 aliphatic heterocycles. The van der Waals surface area contributed by atoms with E-state index < -0.39 is 0 Å². The number of halogens is 1. The summed E-state index contributed by atoms with van der Waals surface area (Å²) in [7, 11) is 1.78. The molecule has 1 atom stereocenters. The number of amides is 1. The molecule has 1 saturated heterocycles. The number of aryl methyl sites for hydroxylation is 1. The zero-order valence-corrected chi connectivity index (χ0v) is 22.0. The molecule has 33 heavy (non-hydrogen) atoms. The molecule has 4 rings (SSSR count). The molecule has 1 saturated carbocycles. The van der Waals surface area contributed by atoms with Gasteiger partial charge in [0.05, 0.1) is 5.69 Å². The SMILES string of the molecule is CN=C(NCCc1coc(-c2ccc(C)cc2)n1)NC1CCN(C(=O)C2CCCCC2)C1.I. The maximum absolute atomic E-state index is 12.8. The number of nitrogens with zero attached hydrogens (tertiary/aromatic N) is 3. The maximum Gasteiger partial charge on any atom is 0.226 e. The molecule has 2 N–H and O–H groups in total. The van der Waals surface area contributed by atoms with E-state index in [1.165, 1.54) is 24.8 Å². The molecule has 2 aromatic rings. The van der Waals surface area contributed by atoms with E-state index in [2.05, 4.69) is 39.7 Å². The molecule has 0 spiro atoms. The fourth-order valence-electron chi connectivity index (χ4n) is 4.63. The third-order valence-electron chi connectivity index (χ3n) is 6.54. The Morgan fingerprint density at radius 1 is 1.18 bits per heavy atom. The quantitative estimate of drug-likeness (QED) is 0.313. The van der Waals surface area contributed by atoms with Gasteiger partial charge in [-0.2, -0.15) is 0 Å². The van der Waals surface area contributed by atoms with Crippen LogP contribution in [0.3, 0.4) is 0 Å². The van der Waals surface area contributed by atoms with Gasteiger partial charge in [-0.15, -0.1) is 24.0 Å². The number of carbonyl (C=O) groups is 1. The van der Waals surface area contributed by atoms with Crippen LogP contribution in [0.25, 0.3) is 11.5 Å². The first kappa shape index (κ1) is 25.5. The van der Waals surface area contributed by atoms with Crippen LogP contribution in [-0.2, 0) is 11.2 Å². The molecule has 8 heteroatoms. The van der Waals surface area contributed by atoms with Crippen molar-refractivity contribution in [2.45, 2.75) is 57.9 Å². The Kier molecular flexibility index (Phi) is 9.58. The molecule has 2 heterocycles. The molecule has 2 fully saturated rings. The van der Waals surface area contributed by atoms with Crippen LogP contribution in [0.15, 0.2) is 39.9 Å². The van der Waals surface area contributed by atoms with Gasteiger partial charge in [-0.05, 0) is 38.3 Å². The van der Waals surface area contributed by atoms with Crippen LogP contribution in [-0.4, -0.2) is 54.5 Å². The lowest BCUT2D eigenvalue weighted by Gasteiger charge is -2.26. The van der Waals surface area contributed by atoms with Crippen LogP contribution in [0.2, 0.25) is 0 Å². The van der Waals surface area contributed by atoms with Gasteiger partial charge in [0.15, 0.2) is 5.96 Å². The summed E-state index contributed by atoms with van der Waals surface area (Å²) >= 11 is 0. The second-order valence-corrected chi connectivity index (χ2v) is 9.01. The molecule has 180 valence electrons. The fourth-order valence-corrected chi connectivity index (χ4v) is 4.63. The standard InChI is InChI=1S/C25H35N5O2.HI/c1-18-8-10-19(11-9-18)23-28-22(17-32-23)12-14-27-25(26-2)29-21-13-15-30(16-21)24(31)20-6-4-3-5-7-20;/h8-11,17,20-21H,3-7,12-16H2,1-2H3,(H2,26,27,29);1H. The highest BCUT2D eigenvalue weighted by Gasteiger charge is 2.31. The van der Waals surface area contributed by atoms with Crippen molar-refractivity contribution in [3.05, 3.63) is 41.8 Å². The Labute approximate surface area is 213 Å². The summed E-state index contributed by atoms with van der Waals surface area (Å²) in [6, 6.07) is 8.42. The predicted molar refractivity (Wildman–Crippen MR) is 142 cm³/mol. The van der Waals surface area contributed by atoms with Crippen LogP contribution in [0.5, 0.6) is 0 Å². The third kappa shape index (κ3) is 6.94. The van der Waals surface area contributed by atoms with Gasteiger partial charge in [-0.25, -0.2) is 4.98 Å². The number of aromatic nitrogens is 1. The first-order valence-corrected chi connectivity index (χ1v) is 11.9. The van der Waals surface area contributed by atoms with Gasteiger partial charge < -0.3 is 20.0 Å². The number of aliphatic imine (C=N–C) groups is 1. The van der Waals surface area contributed by atoms with Crippen molar-refractivity contribution in [1.82, 2.24) is 20.5 Å². The summed E-state index contributed by atoms with van der Waals surface area (Å²) in [5.41, 5.74) is 3.11. The molecular weight excluding hydrogens is 529 g/mol. The van der Waals surface area contributed by atoms with Gasteiger partial charge in [0.2, 0.25) is 11.8 Å². The maximum atomic E-state index is 12.8. The minimum absolute atomic E-state index is 0. The van der Waals surface area contributed by atoms with Crippen molar-refractivity contribution >= 4 is 35.8 Å². The highest BCUT2D eigenvalue weighted by atomic mass is 127. The van der Waals surface area contributed by atoms with Crippen LogP contribution in [0, 0.1) is 12.8 Å². The summed E-state index contributed by atoms with van der Waals surface area (Å²) in [6.07, 6.45) is 9.21. The summed E-state index contributed by atoms with van der Waals surface area (Å²) in [5, 5.41) is 6.84. The lowest BCUT2D eigenvalue weighted by molar-refractivity contribution is -0.135.